The third-order valence-electron chi connectivity index (χ3n) is 6.02. The molecule has 1 N–H and O–H groups in total. The second-order valence-electron chi connectivity index (χ2n) is 7.83. The van der Waals surface area contributed by atoms with Crippen LogP contribution < -0.4 is 14.8 Å². The molecule has 6 nitrogen and oxygen atoms in total. The zero-order valence-corrected chi connectivity index (χ0v) is 17.0. The number of aryl methyl sites for hydroxylation is 1. The molecule has 2 aromatic carbocycles. The van der Waals surface area contributed by atoms with Crippen LogP contribution in [0.1, 0.15) is 33.2 Å². The van der Waals surface area contributed by atoms with Gasteiger partial charge in [0.1, 0.15) is 0 Å². The number of carbonyl (C=O) groups is 1. The summed E-state index contributed by atoms with van der Waals surface area (Å²) in [7, 11) is 2.06. The van der Waals surface area contributed by atoms with E-state index in [1.165, 1.54) is 16.8 Å². The van der Waals surface area contributed by atoms with Gasteiger partial charge in [0, 0.05) is 44.1 Å². The lowest BCUT2D eigenvalue weighted by atomic mass is 9.97. The van der Waals surface area contributed by atoms with Crippen molar-refractivity contribution in [3.8, 4) is 11.5 Å². The third kappa shape index (κ3) is 3.55. The van der Waals surface area contributed by atoms with Crippen LogP contribution in [0, 0.1) is 0 Å². The molecule has 2 aliphatic rings. The number of hydrogen-bond donors (Lipinski definition) is 1. The molecule has 0 radical (unpaired) electrons. The fraction of sp³-hybridized carbons (Fsp3) is 0.292. The van der Waals surface area contributed by atoms with Crippen LogP contribution in [0.2, 0.25) is 0 Å². The predicted molar refractivity (Wildman–Crippen MR) is 114 cm³/mol. The number of rotatable bonds is 5. The summed E-state index contributed by atoms with van der Waals surface area (Å²) in [6.07, 6.45) is 3.08. The molecule has 30 heavy (non-hydrogen) atoms. The Labute approximate surface area is 176 Å². The van der Waals surface area contributed by atoms with Gasteiger partial charge < -0.3 is 19.4 Å². The molecule has 1 atom stereocenters. The van der Waals surface area contributed by atoms with Gasteiger partial charge in [0.2, 0.25) is 6.79 Å². The highest BCUT2D eigenvalue weighted by Gasteiger charge is 2.27. The normalized spacial score (nSPS) is 16.2. The second-order valence-corrected chi connectivity index (χ2v) is 7.83. The smallest absolute Gasteiger partial charge is 0.251 e. The Bertz CT molecular complexity index is 1080. The van der Waals surface area contributed by atoms with Gasteiger partial charge in [-0.15, -0.1) is 0 Å². The molecule has 1 amide bonds. The first-order chi connectivity index (χ1) is 14.7. The zero-order chi connectivity index (χ0) is 20.5. The zero-order valence-electron chi connectivity index (χ0n) is 17.0. The molecule has 0 fully saturated rings. The summed E-state index contributed by atoms with van der Waals surface area (Å²) < 4.78 is 12.9. The summed E-state index contributed by atoms with van der Waals surface area (Å²) in [6, 6.07) is 18.2. The fourth-order valence-electron chi connectivity index (χ4n) is 4.35. The largest absolute Gasteiger partial charge is 0.454 e. The predicted octanol–water partition coefficient (Wildman–Crippen LogP) is 3.28. The maximum Gasteiger partial charge on any atom is 0.251 e. The number of benzene rings is 2. The average molecular weight is 403 g/mol. The highest BCUT2D eigenvalue weighted by atomic mass is 16.7. The Balaban J connectivity index is 1.34. The number of fused-ring (bicyclic) bond motifs is 2. The lowest BCUT2D eigenvalue weighted by Gasteiger charge is -2.36. The number of aromatic nitrogens is 1. The van der Waals surface area contributed by atoms with E-state index in [0.717, 1.165) is 19.5 Å². The van der Waals surface area contributed by atoms with Gasteiger partial charge in [-0.1, -0.05) is 24.3 Å². The Morgan fingerprint density at radius 2 is 1.90 bits per heavy atom. The molecule has 154 valence electrons. The standard InChI is InChI=1S/C24H25N3O3/c1-26-11-4-7-20(26)21(27-12-10-17-5-2-3-6-19(17)15-27)14-25-24(28)18-8-9-22-23(13-18)30-16-29-22/h2-9,11,13,21H,10,12,14-16H2,1H3,(H,25,28)/t21-/m0/s1. The van der Waals surface area contributed by atoms with E-state index in [4.69, 9.17) is 9.47 Å². The summed E-state index contributed by atoms with van der Waals surface area (Å²) in [4.78, 5) is 15.3. The number of carbonyl (C=O) groups excluding carboxylic acids is 1. The third-order valence-corrected chi connectivity index (χ3v) is 6.02. The van der Waals surface area contributed by atoms with Crippen molar-refractivity contribution in [2.75, 3.05) is 19.9 Å². The maximum absolute atomic E-state index is 12.9. The highest BCUT2D eigenvalue weighted by Crippen LogP contribution is 2.32. The van der Waals surface area contributed by atoms with Gasteiger partial charge >= 0.3 is 0 Å². The van der Waals surface area contributed by atoms with Crippen LogP contribution in [0.3, 0.4) is 0 Å². The molecular weight excluding hydrogens is 378 g/mol. The van der Waals surface area contributed by atoms with Crippen molar-refractivity contribution in [3.63, 3.8) is 0 Å². The Morgan fingerprint density at radius 1 is 1.07 bits per heavy atom. The molecule has 0 saturated carbocycles. The van der Waals surface area contributed by atoms with Crippen LogP contribution in [0.5, 0.6) is 11.5 Å². The van der Waals surface area contributed by atoms with Gasteiger partial charge in [0.05, 0.1) is 6.04 Å². The van der Waals surface area contributed by atoms with Crippen molar-refractivity contribution in [3.05, 3.63) is 83.2 Å². The Morgan fingerprint density at radius 3 is 2.73 bits per heavy atom. The minimum Gasteiger partial charge on any atom is -0.454 e. The van der Waals surface area contributed by atoms with Gasteiger partial charge in [0.25, 0.3) is 5.91 Å². The molecule has 0 saturated heterocycles. The Hall–Kier alpha value is -3.25. The van der Waals surface area contributed by atoms with Crippen molar-refractivity contribution in [2.24, 2.45) is 7.05 Å². The van der Waals surface area contributed by atoms with Crippen molar-refractivity contribution >= 4 is 5.91 Å². The van der Waals surface area contributed by atoms with Crippen LogP contribution in [0.25, 0.3) is 0 Å². The topological polar surface area (TPSA) is 55.7 Å². The van der Waals surface area contributed by atoms with Crippen LogP contribution in [-0.4, -0.2) is 35.3 Å². The first kappa shape index (κ1) is 18.8. The molecule has 2 aliphatic heterocycles. The van der Waals surface area contributed by atoms with E-state index in [9.17, 15) is 4.79 Å². The summed E-state index contributed by atoms with van der Waals surface area (Å²) in [5.41, 5.74) is 4.56. The number of ether oxygens (including phenoxy) is 2. The number of amides is 1. The second kappa shape index (κ2) is 7.88. The molecule has 6 heteroatoms. The molecule has 0 bridgehead atoms. The van der Waals surface area contributed by atoms with Crippen molar-refractivity contribution in [1.29, 1.82) is 0 Å². The van der Waals surface area contributed by atoms with E-state index in [2.05, 4.69) is 64.4 Å². The maximum atomic E-state index is 12.9. The molecule has 0 unspecified atom stereocenters. The molecule has 5 rings (SSSR count). The first-order valence-electron chi connectivity index (χ1n) is 10.3. The van der Waals surface area contributed by atoms with E-state index in [-0.39, 0.29) is 18.7 Å². The van der Waals surface area contributed by atoms with Gasteiger partial charge in [-0.25, -0.2) is 0 Å². The molecule has 0 spiro atoms. The van der Waals surface area contributed by atoms with Gasteiger partial charge in [0.15, 0.2) is 11.5 Å². The van der Waals surface area contributed by atoms with E-state index in [1.54, 1.807) is 18.2 Å². The van der Waals surface area contributed by atoms with Crippen molar-refractivity contribution < 1.29 is 14.3 Å². The van der Waals surface area contributed by atoms with E-state index >= 15 is 0 Å². The minimum atomic E-state index is -0.107. The highest BCUT2D eigenvalue weighted by molar-refractivity contribution is 5.95. The summed E-state index contributed by atoms with van der Waals surface area (Å²) in [6.45, 7) is 2.58. The lowest BCUT2D eigenvalue weighted by Crippen LogP contribution is -2.41. The fourth-order valence-corrected chi connectivity index (χ4v) is 4.35. The number of hydrogen-bond acceptors (Lipinski definition) is 4. The summed E-state index contributed by atoms with van der Waals surface area (Å²) in [5, 5.41) is 3.14. The summed E-state index contributed by atoms with van der Waals surface area (Å²) in [5.74, 6) is 1.19. The van der Waals surface area contributed by atoms with E-state index < -0.39 is 0 Å². The monoisotopic (exact) mass is 403 g/mol. The quantitative estimate of drug-likeness (QED) is 0.710. The van der Waals surface area contributed by atoms with Crippen LogP contribution in [0.4, 0.5) is 0 Å². The van der Waals surface area contributed by atoms with Crippen LogP contribution in [0.15, 0.2) is 60.8 Å². The molecule has 3 heterocycles. The first-order valence-corrected chi connectivity index (χ1v) is 10.3. The van der Waals surface area contributed by atoms with E-state index in [1.807, 2.05) is 0 Å². The average Bonchev–Trinajstić information content (AvgIpc) is 3.42. The summed E-state index contributed by atoms with van der Waals surface area (Å²) >= 11 is 0. The lowest BCUT2D eigenvalue weighted by molar-refractivity contribution is 0.0925. The van der Waals surface area contributed by atoms with Crippen LogP contribution in [-0.2, 0) is 20.0 Å². The van der Waals surface area contributed by atoms with E-state index in [0.29, 0.717) is 23.6 Å². The SMILES string of the molecule is Cn1cccc1[C@H](CNC(=O)c1ccc2c(c1)OCO2)N1CCc2ccccc2C1. The minimum absolute atomic E-state index is 0.0938. The van der Waals surface area contributed by atoms with Crippen molar-refractivity contribution in [1.82, 2.24) is 14.8 Å². The van der Waals surface area contributed by atoms with Gasteiger partial charge in [-0.2, -0.15) is 0 Å². The Kier molecular flexibility index (Phi) is 4.93. The molecule has 3 aromatic rings. The molecule has 1 aromatic heterocycles. The van der Waals surface area contributed by atoms with Gasteiger partial charge in [-0.05, 0) is 47.9 Å². The number of nitrogens with zero attached hydrogens (tertiary/aromatic N) is 2. The number of nitrogens with one attached hydrogen (secondary N) is 1. The molecular formula is C24H25N3O3. The molecule has 0 aliphatic carbocycles. The van der Waals surface area contributed by atoms with Crippen LogP contribution >= 0.6 is 0 Å². The van der Waals surface area contributed by atoms with Gasteiger partial charge in [-0.3, -0.25) is 9.69 Å². The van der Waals surface area contributed by atoms with Crippen molar-refractivity contribution in [2.45, 2.75) is 19.0 Å².